The van der Waals surface area contributed by atoms with Crippen molar-refractivity contribution >= 4 is 28.4 Å². The third kappa shape index (κ3) is 2.16. The predicted octanol–water partition coefficient (Wildman–Crippen LogP) is 2.89. The number of benzene rings is 1. The number of nitrogen functional groups attached to an aromatic ring is 1. The van der Waals surface area contributed by atoms with Crippen LogP contribution in [0.4, 0.5) is 5.82 Å². The number of anilines is 1. The Morgan fingerprint density at radius 1 is 1.19 bits per heavy atom. The van der Waals surface area contributed by atoms with Crippen molar-refractivity contribution in [3.63, 3.8) is 0 Å². The summed E-state index contributed by atoms with van der Waals surface area (Å²) in [6.45, 7) is 2.02. The second-order valence-electron chi connectivity index (χ2n) is 3.41. The van der Waals surface area contributed by atoms with Gasteiger partial charge in [0.1, 0.15) is 11.6 Å². The van der Waals surface area contributed by atoms with Crippen LogP contribution in [-0.4, -0.2) is 9.97 Å². The summed E-state index contributed by atoms with van der Waals surface area (Å²) >= 11 is 2.19. The van der Waals surface area contributed by atoms with Gasteiger partial charge in [-0.2, -0.15) is 0 Å². The summed E-state index contributed by atoms with van der Waals surface area (Å²) < 4.78 is 0.918. The normalized spacial score (nSPS) is 10.4. The molecule has 2 N–H and O–H groups in total. The van der Waals surface area contributed by atoms with Crippen LogP contribution >= 0.6 is 22.6 Å². The van der Waals surface area contributed by atoms with E-state index in [2.05, 4.69) is 32.6 Å². The monoisotopic (exact) mass is 325 g/mol. The van der Waals surface area contributed by atoms with Crippen LogP contribution < -0.4 is 5.73 Å². The summed E-state index contributed by atoms with van der Waals surface area (Å²) in [7, 11) is 0. The fraction of sp³-hybridized carbons (Fsp3) is 0.167. The Bertz CT molecular complexity index is 497. The van der Waals surface area contributed by atoms with E-state index in [0.29, 0.717) is 5.82 Å². The van der Waals surface area contributed by atoms with Crippen LogP contribution in [0.15, 0.2) is 30.3 Å². The maximum absolute atomic E-state index is 5.88. The summed E-state index contributed by atoms with van der Waals surface area (Å²) in [5.41, 5.74) is 7.88. The third-order valence-electron chi connectivity index (χ3n) is 2.29. The lowest BCUT2D eigenvalue weighted by molar-refractivity contribution is 0.944. The lowest BCUT2D eigenvalue weighted by Crippen LogP contribution is -2.04. The zero-order valence-electron chi connectivity index (χ0n) is 8.94. The number of hydrogen-bond donors (Lipinski definition) is 1. The second-order valence-corrected chi connectivity index (χ2v) is 4.49. The first kappa shape index (κ1) is 11.3. The van der Waals surface area contributed by atoms with E-state index in [1.807, 2.05) is 37.3 Å². The SMILES string of the molecule is CCc1nc(N)c(I)c(-c2ccccc2)n1. The van der Waals surface area contributed by atoms with Gasteiger partial charge in [0.2, 0.25) is 0 Å². The van der Waals surface area contributed by atoms with Gasteiger partial charge in [-0.1, -0.05) is 37.3 Å². The Balaban J connectivity index is 2.60. The van der Waals surface area contributed by atoms with Crippen LogP contribution in [0.5, 0.6) is 0 Å². The molecule has 2 rings (SSSR count). The van der Waals surface area contributed by atoms with Crippen LogP contribution in [0, 0.1) is 3.57 Å². The van der Waals surface area contributed by atoms with Crippen molar-refractivity contribution in [2.75, 3.05) is 5.73 Å². The first-order valence-corrected chi connectivity index (χ1v) is 6.17. The van der Waals surface area contributed by atoms with Crippen LogP contribution in [-0.2, 0) is 6.42 Å². The molecule has 0 saturated heterocycles. The topological polar surface area (TPSA) is 51.8 Å². The standard InChI is InChI=1S/C12H12IN3/c1-2-9-15-11(10(13)12(14)16-9)8-6-4-3-5-7-8/h3-7H,2H2,1H3,(H2,14,15,16). The Labute approximate surface area is 108 Å². The third-order valence-corrected chi connectivity index (χ3v) is 3.35. The smallest absolute Gasteiger partial charge is 0.141 e. The minimum atomic E-state index is 0.561. The molecule has 2 aromatic rings. The molecule has 4 heteroatoms. The molecular formula is C12H12IN3. The maximum atomic E-state index is 5.88. The first-order chi connectivity index (χ1) is 7.72. The van der Waals surface area contributed by atoms with E-state index < -0.39 is 0 Å². The van der Waals surface area contributed by atoms with E-state index in [4.69, 9.17) is 5.73 Å². The fourth-order valence-electron chi connectivity index (χ4n) is 1.46. The summed E-state index contributed by atoms with van der Waals surface area (Å²) in [5.74, 6) is 1.35. The molecule has 1 aromatic heterocycles. The van der Waals surface area contributed by atoms with Crippen molar-refractivity contribution in [3.05, 3.63) is 39.7 Å². The molecule has 0 fully saturated rings. The van der Waals surface area contributed by atoms with Crippen molar-refractivity contribution in [2.45, 2.75) is 13.3 Å². The van der Waals surface area contributed by atoms with Crippen LogP contribution in [0.1, 0.15) is 12.7 Å². The van der Waals surface area contributed by atoms with Crippen LogP contribution in [0.25, 0.3) is 11.3 Å². The Morgan fingerprint density at radius 3 is 2.50 bits per heavy atom. The van der Waals surface area contributed by atoms with Crippen LogP contribution in [0.2, 0.25) is 0 Å². The zero-order chi connectivity index (χ0) is 11.5. The molecule has 0 aliphatic heterocycles. The number of aryl methyl sites for hydroxylation is 1. The van der Waals surface area contributed by atoms with Crippen molar-refractivity contribution in [1.29, 1.82) is 0 Å². The number of nitrogens with two attached hydrogens (primary N) is 1. The molecule has 0 aliphatic carbocycles. The number of halogens is 1. The number of aromatic nitrogens is 2. The second kappa shape index (κ2) is 4.78. The summed E-state index contributed by atoms with van der Waals surface area (Å²) in [4.78, 5) is 8.76. The van der Waals surface area contributed by atoms with E-state index >= 15 is 0 Å². The van der Waals surface area contributed by atoms with E-state index in [9.17, 15) is 0 Å². The quantitative estimate of drug-likeness (QED) is 0.864. The lowest BCUT2D eigenvalue weighted by Gasteiger charge is -2.07. The van der Waals surface area contributed by atoms with Crippen molar-refractivity contribution in [1.82, 2.24) is 9.97 Å². The number of rotatable bonds is 2. The molecule has 0 spiro atoms. The minimum absolute atomic E-state index is 0.561. The van der Waals surface area contributed by atoms with Crippen molar-refractivity contribution in [3.8, 4) is 11.3 Å². The highest BCUT2D eigenvalue weighted by Gasteiger charge is 2.10. The Kier molecular flexibility index (Phi) is 3.38. The molecule has 0 saturated carbocycles. The van der Waals surface area contributed by atoms with Gasteiger partial charge in [0, 0.05) is 12.0 Å². The molecule has 1 heterocycles. The van der Waals surface area contributed by atoms with E-state index in [0.717, 1.165) is 27.1 Å². The summed E-state index contributed by atoms with van der Waals surface area (Å²) in [6, 6.07) is 10.0. The molecule has 0 aliphatic rings. The molecule has 0 unspecified atom stereocenters. The molecular weight excluding hydrogens is 313 g/mol. The number of nitrogens with zero attached hydrogens (tertiary/aromatic N) is 2. The van der Waals surface area contributed by atoms with Crippen molar-refractivity contribution in [2.24, 2.45) is 0 Å². The van der Waals surface area contributed by atoms with Gasteiger partial charge in [0.25, 0.3) is 0 Å². The highest BCUT2D eigenvalue weighted by atomic mass is 127. The molecule has 0 bridgehead atoms. The van der Waals surface area contributed by atoms with Gasteiger partial charge < -0.3 is 5.73 Å². The lowest BCUT2D eigenvalue weighted by atomic mass is 10.1. The van der Waals surface area contributed by atoms with Gasteiger partial charge in [0.15, 0.2) is 0 Å². The van der Waals surface area contributed by atoms with E-state index in [1.54, 1.807) is 0 Å². The summed E-state index contributed by atoms with van der Waals surface area (Å²) in [6.07, 6.45) is 0.793. The van der Waals surface area contributed by atoms with Crippen LogP contribution in [0.3, 0.4) is 0 Å². The molecule has 0 atom stereocenters. The average Bonchev–Trinajstić information content (AvgIpc) is 2.33. The largest absolute Gasteiger partial charge is 0.383 e. The van der Waals surface area contributed by atoms with Gasteiger partial charge in [-0.3, -0.25) is 0 Å². The maximum Gasteiger partial charge on any atom is 0.141 e. The van der Waals surface area contributed by atoms with Gasteiger partial charge in [0.05, 0.1) is 9.26 Å². The molecule has 0 radical (unpaired) electrons. The molecule has 82 valence electrons. The predicted molar refractivity (Wildman–Crippen MR) is 74.0 cm³/mol. The molecule has 0 amide bonds. The fourth-order valence-corrected chi connectivity index (χ4v) is 2.01. The summed E-state index contributed by atoms with van der Waals surface area (Å²) in [5, 5.41) is 0. The first-order valence-electron chi connectivity index (χ1n) is 5.09. The molecule has 3 nitrogen and oxygen atoms in total. The van der Waals surface area contributed by atoms with Gasteiger partial charge in [-0.15, -0.1) is 0 Å². The Morgan fingerprint density at radius 2 is 1.88 bits per heavy atom. The highest BCUT2D eigenvalue weighted by molar-refractivity contribution is 14.1. The Hall–Kier alpha value is -1.17. The van der Waals surface area contributed by atoms with E-state index in [1.165, 1.54) is 0 Å². The number of hydrogen-bond acceptors (Lipinski definition) is 3. The average molecular weight is 325 g/mol. The van der Waals surface area contributed by atoms with Crippen molar-refractivity contribution < 1.29 is 0 Å². The minimum Gasteiger partial charge on any atom is -0.383 e. The highest BCUT2D eigenvalue weighted by Crippen LogP contribution is 2.26. The molecule has 1 aromatic carbocycles. The van der Waals surface area contributed by atoms with E-state index in [-0.39, 0.29) is 0 Å². The van der Waals surface area contributed by atoms with Gasteiger partial charge in [-0.05, 0) is 22.6 Å². The molecule has 16 heavy (non-hydrogen) atoms. The van der Waals surface area contributed by atoms with Gasteiger partial charge in [-0.25, -0.2) is 9.97 Å². The zero-order valence-corrected chi connectivity index (χ0v) is 11.1. The van der Waals surface area contributed by atoms with Gasteiger partial charge >= 0.3 is 0 Å².